The number of benzene rings is 3. The van der Waals surface area contributed by atoms with Crippen LogP contribution in [-0.2, 0) is 21.2 Å². The van der Waals surface area contributed by atoms with E-state index in [4.69, 9.17) is 14.8 Å². The van der Waals surface area contributed by atoms with Crippen molar-refractivity contribution in [1.82, 2.24) is 15.1 Å². The number of aromatic hydroxyl groups is 1. The molecule has 0 spiro atoms. The fraction of sp³-hybridized carbons (Fsp3) is 0.371. The Morgan fingerprint density at radius 2 is 1.64 bits per heavy atom. The molecule has 2 heterocycles. The lowest BCUT2D eigenvalue weighted by Gasteiger charge is -2.38. The van der Waals surface area contributed by atoms with Gasteiger partial charge in [-0.15, -0.1) is 0 Å². The lowest BCUT2D eigenvalue weighted by molar-refractivity contribution is 0.0889. The van der Waals surface area contributed by atoms with E-state index in [1.807, 2.05) is 17.7 Å². The van der Waals surface area contributed by atoms with Gasteiger partial charge in [-0.25, -0.2) is 4.68 Å². The van der Waals surface area contributed by atoms with Gasteiger partial charge in [0.05, 0.1) is 22.8 Å². The highest BCUT2D eigenvalue weighted by atomic mass is 32.2. The van der Waals surface area contributed by atoms with Gasteiger partial charge in [-0.05, 0) is 76.6 Å². The number of carbonyl (C=O) groups excluding carboxylic acids is 1. The van der Waals surface area contributed by atoms with Crippen LogP contribution in [0.25, 0.3) is 0 Å². The van der Waals surface area contributed by atoms with Gasteiger partial charge < -0.3 is 15.7 Å². The Morgan fingerprint density at radius 1 is 1.02 bits per heavy atom. The summed E-state index contributed by atoms with van der Waals surface area (Å²) in [5.74, 6) is 0.545. The van der Waals surface area contributed by atoms with Crippen LogP contribution in [0.4, 0.5) is 5.82 Å². The van der Waals surface area contributed by atoms with Gasteiger partial charge in [-0.3, -0.25) is 9.35 Å². The number of hydrogen-bond donors (Lipinski definition) is 4. The van der Waals surface area contributed by atoms with Gasteiger partial charge in [-0.1, -0.05) is 80.1 Å². The van der Waals surface area contributed by atoms with Crippen molar-refractivity contribution in [3.05, 3.63) is 106 Å². The quantitative estimate of drug-likeness (QED) is 0.159. The van der Waals surface area contributed by atoms with Crippen LogP contribution in [-0.4, -0.2) is 33.8 Å². The molecule has 240 valence electrons. The molecule has 0 saturated heterocycles. The summed E-state index contributed by atoms with van der Waals surface area (Å²) in [5, 5.41) is 20.8. The maximum absolute atomic E-state index is 13.8. The largest absolute Gasteiger partial charge is 0.508 e. The van der Waals surface area contributed by atoms with Gasteiger partial charge in [0.2, 0.25) is 0 Å². The number of carbonyl (C=O) groups is 1. The number of nitrogens with zero attached hydrogens (tertiary/aromatic N) is 2. The third-order valence-electron chi connectivity index (χ3n) is 8.69. The van der Waals surface area contributed by atoms with E-state index in [1.165, 1.54) is 30.2 Å². The summed E-state index contributed by atoms with van der Waals surface area (Å²) in [6.45, 7) is 14.2. The lowest BCUT2D eigenvalue weighted by atomic mass is 9.84. The topological polar surface area (TPSA) is 134 Å². The van der Waals surface area contributed by atoms with Crippen molar-refractivity contribution in [3.63, 3.8) is 0 Å². The van der Waals surface area contributed by atoms with Crippen molar-refractivity contribution in [3.8, 4) is 5.75 Å². The number of phenols is 1. The van der Waals surface area contributed by atoms with E-state index in [-0.39, 0.29) is 28.1 Å². The molecule has 1 atom stereocenters. The van der Waals surface area contributed by atoms with Crippen LogP contribution in [0.3, 0.4) is 0 Å². The Balaban J connectivity index is 0.000000323. The van der Waals surface area contributed by atoms with E-state index < -0.39 is 15.7 Å². The van der Waals surface area contributed by atoms with Crippen LogP contribution in [0.2, 0.25) is 0 Å². The molecule has 4 aromatic rings. The highest BCUT2D eigenvalue weighted by Crippen LogP contribution is 2.41. The highest BCUT2D eigenvalue weighted by Gasteiger charge is 2.39. The van der Waals surface area contributed by atoms with Crippen LogP contribution in [0.5, 0.6) is 5.75 Å². The summed E-state index contributed by atoms with van der Waals surface area (Å²) in [5.41, 5.74) is 4.73. The normalized spacial score (nSPS) is 15.7. The molecular weight excluding hydrogens is 588 g/mol. The first-order chi connectivity index (χ1) is 21.1. The second-order valence-corrected chi connectivity index (χ2v) is 13.8. The molecule has 0 saturated carbocycles. The van der Waals surface area contributed by atoms with E-state index in [1.54, 1.807) is 0 Å². The molecule has 0 fully saturated rings. The molecule has 9 nitrogen and oxygen atoms in total. The van der Waals surface area contributed by atoms with Gasteiger partial charge in [0.15, 0.2) is 0 Å². The SMILES string of the molecule is CCC(CC)(NC(=O)c1c(C)nn2c1N[C@@H](c1ccccc1)CC2(C)C)c1ccc(C)cc1.Cc1ccc(O)cc1S(=O)(=O)O. The molecule has 1 aliphatic heterocycles. The van der Waals surface area contributed by atoms with E-state index >= 15 is 0 Å². The average molecular weight is 633 g/mol. The average Bonchev–Trinajstić information content (AvgIpc) is 3.34. The monoisotopic (exact) mass is 632 g/mol. The minimum atomic E-state index is -4.22. The molecule has 0 bridgehead atoms. The molecule has 0 aliphatic carbocycles. The summed E-state index contributed by atoms with van der Waals surface area (Å²) in [6, 6.07) is 22.8. The van der Waals surface area contributed by atoms with Gasteiger partial charge in [0, 0.05) is 6.07 Å². The number of phenolic OH excluding ortho intramolecular Hbond substituents is 1. The fourth-order valence-electron chi connectivity index (χ4n) is 5.99. The fourth-order valence-corrected chi connectivity index (χ4v) is 6.73. The Labute approximate surface area is 266 Å². The number of aryl methyl sites for hydroxylation is 3. The molecule has 0 radical (unpaired) electrons. The number of aromatic nitrogens is 2. The molecule has 0 unspecified atom stereocenters. The molecule has 10 heteroatoms. The van der Waals surface area contributed by atoms with E-state index in [9.17, 15) is 13.2 Å². The van der Waals surface area contributed by atoms with Crippen molar-refractivity contribution in [2.75, 3.05) is 5.32 Å². The number of nitrogens with one attached hydrogen (secondary N) is 2. The first kappa shape index (κ1) is 33.7. The van der Waals surface area contributed by atoms with Gasteiger partial charge in [-0.2, -0.15) is 13.5 Å². The molecule has 45 heavy (non-hydrogen) atoms. The number of amides is 1. The van der Waals surface area contributed by atoms with Crippen molar-refractivity contribution in [2.24, 2.45) is 0 Å². The molecule has 1 aliphatic rings. The first-order valence-corrected chi connectivity index (χ1v) is 16.6. The summed E-state index contributed by atoms with van der Waals surface area (Å²) >= 11 is 0. The third kappa shape index (κ3) is 7.23. The Kier molecular flexibility index (Phi) is 9.80. The molecular formula is C35H44N4O5S. The minimum Gasteiger partial charge on any atom is -0.508 e. The Morgan fingerprint density at radius 3 is 2.20 bits per heavy atom. The predicted molar refractivity (Wildman–Crippen MR) is 177 cm³/mol. The van der Waals surface area contributed by atoms with E-state index in [2.05, 4.69) is 93.8 Å². The van der Waals surface area contributed by atoms with Crippen LogP contribution in [0.1, 0.15) is 91.3 Å². The minimum absolute atomic E-state index is 0.0740. The lowest BCUT2D eigenvalue weighted by Crippen LogP contribution is -2.45. The molecule has 4 N–H and O–H groups in total. The van der Waals surface area contributed by atoms with Crippen molar-refractivity contribution in [2.45, 2.75) is 89.7 Å². The summed E-state index contributed by atoms with van der Waals surface area (Å²) in [4.78, 5) is 13.6. The van der Waals surface area contributed by atoms with Crippen molar-refractivity contribution >= 4 is 21.8 Å². The van der Waals surface area contributed by atoms with Gasteiger partial charge in [0.1, 0.15) is 22.0 Å². The van der Waals surface area contributed by atoms with Crippen LogP contribution >= 0.6 is 0 Å². The first-order valence-electron chi connectivity index (χ1n) is 15.2. The Hall–Kier alpha value is -4.15. The number of anilines is 1. The van der Waals surface area contributed by atoms with Crippen LogP contribution in [0.15, 0.2) is 77.7 Å². The zero-order valence-electron chi connectivity index (χ0n) is 27.0. The molecule has 1 amide bonds. The zero-order chi connectivity index (χ0) is 33.2. The maximum Gasteiger partial charge on any atom is 0.294 e. The van der Waals surface area contributed by atoms with Gasteiger partial charge >= 0.3 is 0 Å². The highest BCUT2D eigenvalue weighted by molar-refractivity contribution is 7.85. The molecule has 1 aromatic heterocycles. The standard InChI is InChI=1S/C28H36N4O.C7H8O4S/c1-7-28(8-2,22-16-14-19(3)15-17-22)30-26(33)24-20(4)31-32-25(24)29-23(18-27(32,5)6)21-12-10-9-11-13-21;1-5-2-3-6(8)4-7(5)12(9,10)11/h9-17,23,29H,7-8,18H2,1-6H3,(H,30,33);2-4,8H,1H3,(H,9,10,11)/t23-;/m1./s1. The van der Waals surface area contributed by atoms with Gasteiger partial charge in [0.25, 0.3) is 16.0 Å². The van der Waals surface area contributed by atoms with Crippen LogP contribution < -0.4 is 10.6 Å². The maximum atomic E-state index is 13.8. The Bertz CT molecular complexity index is 1760. The zero-order valence-corrected chi connectivity index (χ0v) is 27.9. The third-order valence-corrected chi connectivity index (χ3v) is 9.69. The second-order valence-electron chi connectivity index (χ2n) is 12.4. The number of rotatable bonds is 7. The number of fused-ring (bicyclic) bond motifs is 1. The van der Waals surface area contributed by atoms with Crippen molar-refractivity contribution in [1.29, 1.82) is 0 Å². The van der Waals surface area contributed by atoms with Crippen LogP contribution in [0, 0.1) is 20.8 Å². The molecule has 5 rings (SSSR count). The molecule has 3 aromatic carbocycles. The van der Waals surface area contributed by atoms with E-state index in [0.717, 1.165) is 42.4 Å². The predicted octanol–water partition coefficient (Wildman–Crippen LogP) is 7.18. The second kappa shape index (κ2) is 13.1. The van der Waals surface area contributed by atoms with Crippen molar-refractivity contribution < 1.29 is 22.9 Å². The van der Waals surface area contributed by atoms with E-state index in [0.29, 0.717) is 11.1 Å². The smallest absolute Gasteiger partial charge is 0.294 e. The summed E-state index contributed by atoms with van der Waals surface area (Å²) in [6.07, 6.45) is 2.52. The number of hydrogen-bond acceptors (Lipinski definition) is 6. The summed E-state index contributed by atoms with van der Waals surface area (Å²) < 4.78 is 32.0. The summed E-state index contributed by atoms with van der Waals surface area (Å²) in [7, 11) is -4.22.